The van der Waals surface area contributed by atoms with Crippen molar-refractivity contribution < 1.29 is 14.3 Å². The predicted octanol–water partition coefficient (Wildman–Crippen LogP) is 1.78. The Morgan fingerprint density at radius 1 is 1.23 bits per heavy atom. The van der Waals surface area contributed by atoms with E-state index in [4.69, 9.17) is 9.47 Å². The molecule has 1 aliphatic heterocycles. The van der Waals surface area contributed by atoms with Crippen LogP contribution in [0.2, 0.25) is 0 Å². The third-order valence-electron chi connectivity index (χ3n) is 4.05. The first-order valence-electron chi connectivity index (χ1n) is 7.90. The van der Waals surface area contributed by atoms with Gasteiger partial charge in [-0.25, -0.2) is 0 Å². The average molecular weight is 306 g/mol. The van der Waals surface area contributed by atoms with Crippen molar-refractivity contribution in [2.24, 2.45) is 5.92 Å². The van der Waals surface area contributed by atoms with Gasteiger partial charge in [0, 0.05) is 25.8 Å². The second kappa shape index (κ2) is 8.76. The van der Waals surface area contributed by atoms with Crippen molar-refractivity contribution >= 4 is 5.91 Å². The third-order valence-corrected chi connectivity index (χ3v) is 4.05. The Labute approximate surface area is 132 Å². The molecule has 22 heavy (non-hydrogen) atoms. The van der Waals surface area contributed by atoms with E-state index >= 15 is 0 Å². The molecule has 0 atom stereocenters. The molecule has 1 aliphatic rings. The summed E-state index contributed by atoms with van der Waals surface area (Å²) in [6.07, 6.45) is 2.15. The quantitative estimate of drug-likeness (QED) is 0.780. The van der Waals surface area contributed by atoms with Gasteiger partial charge in [0.25, 0.3) is 5.91 Å². The minimum absolute atomic E-state index is 0.117. The molecule has 1 heterocycles. The first-order chi connectivity index (χ1) is 10.7. The van der Waals surface area contributed by atoms with Crippen molar-refractivity contribution in [1.82, 2.24) is 10.2 Å². The van der Waals surface area contributed by atoms with Crippen LogP contribution in [0.4, 0.5) is 0 Å². The van der Waals surface area contributed by atoms with Crippen molar-refractivity contribution in [3.8, 4) is 5.75 Å². The maximum Gasteiger partial charge on any atom is 0.253 e. The van der Waals surface area contributed by atoms with Crippen LogP contribution >= 0.6 is 0 Å². The second-order valence-electron chi connectivity index (χ2n) is 5.66. The van der Waals surface area contributed by atoms with Gasteiger partial charge < -0.3 is 19.7 Å². The summed E-state index contributed by atoms with van der Waals surface area (Å²) in [5.41, 5.74) is 0.728. The van der Waals surface area contributed by atoms with Gasteiger partial charge in [-0.2, -0.15) is 0 Å². The summed E-state index contributed by atoms with van der Waals surface area (Å²) in [5, 5.41) is 3.21. The van der Waals surface area contributed by atoms with Crippen LogP contribution in [-0.2, 0) is 4.74 Å². The SMILES string of the molecule is CNCC1CCN(C(=O)c2ccc(OCCOC)cc2)CC1. The summed E-state index contributed by atoms with van der Waals surface area (Å²) >= 11 is 0. The molecule has 1 aromatic carbocycles. The molecule has 1 N–H and O–H groups in total. The van der Waals surface area contributed by atoms with E-state index in [-0.39, 0.29) is 5.91 Å². The van der Waals surface area contributed by atoms with Gasteiger partial charge in [0.15, 0.2) is 0 Å². The van der Waals surface area contributed by atoms with E-state index in [0.717, 1.165) is 43.8 Å². The lowest BCUT2D eigenvalue weighted by atomic mass is 9.96. The number of amides is 1. The van der Waals surface area contributed by atoms with E-state index < -0.39 is 0 Å². The number of hydrogen-bond acceptors (Lipinski definition) is 4. The number of piperidine rings is 1. The van der Waals surface area contributed by atoms with Gasteiger partial charge in [0.1, 0.15) is 12.4 Å². The Bertz CT molecular complexity index is 453. The maximum atomic E-state index is 12.5. The molecular formula is C17H26N2O3. The zero-order valence-electron chi connectivity index (χ0n) is 13.5. The number of methoxy groups -OCH3 is 1. The number of likely N-dealkylation sites (tertiary alicyclic amines) is 1. The number of nitrogens with zero attached hydrogens (tertiary/aromatic N) is 1. The van der Waals surface area contributed by atoms with Crippen molar-refractivity contribution in [3.63, 3.8) is 0 Å². The molecule has 1 saturated heterocycles. The predicted molar refractivity (Wildman–Crippen MR) is 86.4 cm³/mol. The largest absolute Gasteiger partial charge is 0.491 e. The molecule has 1 amide bonds. The zero-order chi connectivity index (χ0) is 15.8. The number of carbonyl (C=O) groups is 1. The van der Waals surface area contributed by atoms with E-state index in [1.165, 1.54) is 0 Å². The van der Waals surface area contributed by atoms with Crippen LogP contribution in [0.5, 0.6) is 5.75 Å². The monoisotopic (exact) mass is 306 g/mol. The highest BCUT2D eigenvalue weighted by Gasteiger charge is 2.23. The van der Waals surface area contributed by atoms with Crippen LogP contribution in [0.3, 0.4) is 0 Å². The van der Waals surface area contributed by atoms with Crippen LogP contribution in [0.25, 0.3) is 0 Å². The van der Waals surface area contributed by atoms with Gasteiger partial charge in [0.05, 0.1) is 6.61 Å². The number of carbonyl (C=O) groups excluding carboxylic acids is 1. The number of hydrogen-bond donors (Lipinski definition) is 1. The van der Waals surface area contributed by atoms with Crippen molar-refractivity contribution in [2.75, 3.05) is 47.0 Å². The molecule has 2 rings (SSSR count). The normalized spacial score (nSPS) is 15.8. The van der Waals surface area contributed by atoms with E-state index in [9.17, 15) is 4.79 Å². The summed E-state index contributed by atoms with van der Waals surface area (Å²) < 4.78 is 10.5. The molecule has 0 aliphatic carbocycles. The van der Waals surface area contributed by atoms with Crippen LogP contribution in [0.15, 0.2) is 24.3 Å². The fraction of sp³-hybridized carbons (Fsp3) is 0.588. The molecule has 0 bridgehead atoms. The highest BCUT2D eigenvalue weighted by atomic mass is 16.5. The van der Waals surface area contributed by atoms with Crippen LogP contribution in [-0.4, -0.2) is 57.8 Å². The Kier molecular flexibility index (Phi) is 6.68. The first kappa shape index (κ1) is 16.8. The molecule has 0 spiro atoms. The highest BCUT2D eigenvalue weighted by Crippen LogP contribution is 2.19. The maximum absolute atomic E-state index is 12.5. The van der Waals surface area contributed by atoms with E-state index in [1.807, 2.05) is 36.2 Å². The lowest BCUT2D eigenvalue weighted by Gasteiger charge is -2.32. The van der Waals surface area contributed by atoms with E-state index in [2.05, 4.69) is 5.32 Å². The van der Waals surface area contributed by atoms with Gasteiger partial charge in [-0.3, -0.25) is 4.79 Å². The van der Waals surface area contributed by atoms with Crippen molar-refractivity contribution in [3.05, 3.63) is 29.8 Å². The third kappa shape index (κ3) is 4.71. The van der Waals surface area contributed by atoms with E-state index in [1.54, 1.807) is 7.11 Å². The van der Waals surface area contributed by atoms with Crippen LogP contribution in [0, 0.1) is 5.92 Å². The molecule has 0 unspecified atom stereocenters. The fourth-order valence-electron chi connectivity index (χ4n) is 2.75. The van der Waals surface area contributed by atoms with Crippen LogP contribution < -0.4 is 10.1 Å². The Balaban J connectivity index is 1.85. The van der Waals surface area contributed by atoms with Crippen molar-refractivity contribution in [2.45, 2.75) is 12.8 Å². The van der Waals surface area contributed by atoms with Crippen LogP contribution in [0.1, 0.15) is 23.2 Å². The summed E-state index contributed by atoms with van der Waals surface area (Å²) in [7, 11) is 3.62. The Hall–Kier alpha value is -1.59. The molecule has 1 fully saturated rings. The lowest BCUT2D eigenvalue weighted by Crippen LogP contribution is -2.40. The Morgan fingerprint density at radius 3 is 2.50 bits per heavy atom. The lowest BCUT2D eigenvalue weighted by molar-refractivity contribution is 0.0691. The molecule has 1 aromatic rings. The first-order valence-corrected chi connectivity index (χ1v) is 7.90. The topological polar surface area (TPSA) is 50.8 Å². The standard InChI is InChI=1S/C17H26N2O3/c1-18-13-14-7-9-19(10-8-14)17(20)15-3-5-16(6-4-15)22-12-11-21-2/h3-6,14,18H,7-13H2,1-2H3. The molecule has 0 aromatic heterocycles. The highest BCUT2D eigenvalue weighted by molar-refractivity contribution is 5.94. The minimum Gasteiger partial charge on any atom is -0.491 e. The summed E-state index contributed by atoms with van der Waals surface area (Å²) in [6.45, 7) is 3.80. The molecule has 122 valence electrons. The fourth-order valence-corrected chi connectivity index (χ4v) is 2.75. The number of rotatable bonds is 7. The second-order valence-corrected chi connectivity index (χ2v) is 5.66. The molecule has 0 saturated carbocycles. The summed E-state index contributed by atoms with van der Waals surface area (Å²) in [6, 6.07) is 7.36. The minimum atomic E-state index is 0.117. The summed E-state index contributed by atoms with van der Waals surface area (Å²) in [4.78, 5) is 14.4. The molecule has 5 nitrogen and oxygen atoms in total. The van der Waals surface area contributed by atoms with Gasteiger partial charge >= 0.3 is 0 Å². The number of nitrogens with one attached hydrogen (secondary N) is 1. The van der Waals surface area contributed by atoms with Gasteiger partial charge in [-0.15, -0.1) is 0 Å². The average Bonchev–Trinajstić information content (AvgIpc) is 2.56. The summed E-state index contributed by atoms with van der Waals surface area (Å²) in [5.74, 6) is 1.57. The van der Waals surface area contributed by atoms with Crippen molar-refractivity contribution in [1.29, 1.82) is 0 Å². The molecule has 5 heteroatoms. The smallest absolute Gasteiger partial charge is 0.253 e. The van der Waals surface area contributed by atoms with Gasteiger partial charge in [-0.1, -0.05) is 0 Å². The number of benzene rings is 1. The van der Waals surface area contributed by atoms with E-state index in [0.29, 0.717) is 19.1 Å². The molecular weight excluding hydrogens is 280 g/mol. The Morgan fingerprint density at radius 2 is 1.91 bits per heavy atom. The number of ether oxygens (including phenoxy) is 2. The molecule has 0 radical (unpaired) electrons. The van der Waals surface area contributed by atoms with Gasteiger partial charge in [-0.05, 0) is 56.6 Å². The van der Waals surface area contributed by atoms with Gasteiger partial charge in [0.2, 0.25) is 0 Å². The zero-order valence-corrected chi connectivity index (χ0v) is 13.5.